The van der Waals surface area contributed by atoms with Crippen molar-refractivity contribution in [3.63, 3.8) is 0 Å². The Kier molecular flexibility index (Phi) is 8.29. The van der Waals surface area contributed by atoms with Crippen molar-refractivity contribution in [3.8, 4) is 0 Å². The van der Waals surface area contributed by atoms with E-state index in [2.05, 4.69) is 15.2 Å². The molecular formula is C20H33N5O3S. The lowest BCUT2D eigenvalue weighted by atomic mass is 9.98. The molecule has 0 aliphatic carbocycles. The van der Waals surface area contributed by atoms with Crippen LogP contribution in [0.15, 0.2) is 40.2 Å². The van der Waals surface area contributed by atoms with Crippen molar-refractivity contribution >= 4 is 16.0 Å². The van der Waals surface area contributed by atoms with Crippen LogP contribution in [-0.4, -0.2) is 82.6 Å². The van der Waals surface area contributed by atoms with Crippen molar-refractivity contribution in [2.24, 2.45) is 16.6 Å². The second-order valence-electron chi connectivity index (χ2n) is 7.62. The first-order valence-corrected chi connectivity index (χ1v) is 11.9. The van der Waals surface area contributed by atoms with Crippen LogP contribution in [0.3, 0.4) is 0 Å². The normalized spacial score (nSPS) is 20.6. The molecule has 0 spiro atoms. The molecule has 1 aromatic carbocycles. The summed E-state index contributed by atoms with van der Waals surface area (Å²) in [6.45, 7) is 7.20. The molecule has 0 radical (unpaired) electrons. The number of nitrogens with one attached hydrogen (secondary N) is 1. The minimum Gasteiger partial charge on any atom is -0.379 e. The molecule has 2 aliphatic rings. The highest BCUT2D eigenvalue weighted by molar-refractivity contribution is 7.89. The smallest absolute Gasteiger partial charge is 0.243 e. The van der Waals surface area contributed by atoms with E-state index < -0.39 is 10.0 Å². The molecule has 0 bridgehead atoms. The first kappa shape index (κ1) is 22.0. The summed E-state index contributed by atoms with van der Waals surface area (Å²) < 4.78 is 32.3. The summed E-state index contributed by atoms with van der Waals surface area (Å²) in [7, 11) is -3.39. The zero-order chi connectivity index (χ0) is 20.5. The SMILES string of the molecule is NC(=NCC1CCN(S(=O)(=O)c2ccccc2)CC1)NCCCN1CCOCC1. The van der Waals surface area contributed by atoms with Crippen LogP contribution in [0, 0.1) is 5.92 Å². The monoisotopic (exact) mass is 423 g/mol. The summed E-state index contributed by atoms with van der Waals surface area (Å²) in [6, 6.07) is 8.63. The molecule has 1 aromatic rings. The minimum absolute atomic E-state index is 0.363. The molecule has 162 valence electrons. The van der Waals surface area contributed by atoms with E-state index in [1.54, 1.807) is 28.6 Å². The van der Waals surface area contributed by atoms with Gasteiger partial charge in [-0.3, -0.25) is 9.89 Å². The molecule has 29 heavy (non-hydrogen) atoms. The maximum Gasteiger partial charge on any atom is 0.243 e. The maximum atomic E-state index is 12.7. The van der Waals surface area contributed by atoms with Gasteiger partial charge in [-0.25, -0.2) is 8.42 Å². The Balaban J connectivity index is 1.34. The molecule has 0 unspecified atom stereocenters. The molecule has 0 amide bonds. The van der Waals surface area contributed by atoms with Gasteiger partial charge in [-0.2, -0.15) is 4.31 Å². The van der Waals surface area contributed by atoms with Gasteiger partial charge in [0.15, 0.2) is 5.96 Å². The summed E-state index contributed by atoms with van der Waals surface area (Å²) in [5, 5.41) is 3.18. The van der Waals surface area contributed by atoms with Crippen LogP contribution in [-0.2, 0) is 14.8 Å². The lowest BCUT2D eigenvalue weighted by molar-refractivity contribution is 0.0376. The van der Waals surface area contributed by atoms with Crippen molar-refractivity contribution in [2.45, 2.75) is 24.2 Å². The second kappa shape index (κ2) is 10.9. The number of benzene rings is 1. The van der Waals surface area contributed by atoms with Crippen LogP contribution in [0.1, 0.15) is 19.3 Å². The van der Waals surface area contributed by atoms with Crippen LogP contribution in [0.25, 0.3) is 0 Å². The van der Waals surface area contributed by atoms with Crippen LogP contribution in [0.5, 0.6) is 0 Å². The van der Waals surface area contributed by atoms with Crippen LogP contribution < -0.4 is 11.1 Å². The molecule has 2 aliphatic heterocycles. The van der Waals surface area contributed by atoms with Crippen LogP contribution in [0.2, 0.25) is 0 Å². The largest absolute Gasteiger partial charge is 0.379 e. The second-order valence-corrected chi connectivity index (χ2v) is 9.56. The highest BCUT2D eigenvalue weighted by Gasteiger charge is 2.29. The molecule has 0 aromatic heterocycles. The predicted molar refractivity (Wildman–Crippen MR) is 114 cm³/mol. The van der Waals surface area contributed by atoms with Gasteiger partial charge in [0.25, 0.3) is 0 Å². The van der Waals surface area contributed by atoms with Crippen molar-refractivity contribution in [2.75, 3.05) is 59.0 Å². The number of nitrogens with zero attached hydrogens (tertiary/aromatic N) is 3. The van der Waals surface area contributed by atoms with Gasteiger partial charge in [0.1, 0.15) is 0 Å². The zero-order valence-electron chi connectivity index (χ0n) is 17.0. The van der Waals surface area contributed by atoms with Crippen LogP contribution >= 0.6 is 0 Å². The molecule has 2 fully saturated rings. The number of hydrogen-bond acceptors (Lipinski definition) is 5. The molecular weight excluding hydrogens is 390 g/mol. The fourth-order valence-electron chi connectivity index (χ4n) is 3.70. The molecule has 3 rings (SSSR count). The Morgan fingerprint density at radius 1 is 1.14 bits per heavy atom. The van der Waals surface area contributed by atoms with Crippen molar-refractivity contribution in [1.82, 2.24) is 14.5 Å². The van der Waals surface area contributed by atoms with Crippen molar-refractivity contribution < 1.29 is 13.2 Å². The number of rotatable bonds is 8. The third-order valence-electron chi connectivity index (χ3n) is 5.54. The van der Waals surface area contributed by atoms with Gasteiger partial charge < -0.3 is 15.8 Å². The molecule has 0 saturated carbocycles. The number of guanidine groups is 1. The van der Waals surface area contributed by atoms with E-state index in [0.717, 1.165) is 58.7 Å². The molecule has 2 saturated heterocycles. The van der Waals surface area contributed by atoms with E-state index >= 15 is 0 Å². The Hall–Kier alpha value is -1.68. The zero-order valence-corrected chi connectivity index (χ0v) is 17.8. The molecule has 0 atom stereocenters. The number of aliphatic imine (C=N–C) groups is 1. The summed E-state index contributed by atoms with van der Waals surface area (Å²) in [6.07, 6.45) is 2.63. The quantitative estimate of drug-likeness (QED) is 0.363. The lowest BCUT2D eigenvalue weighted by Gasteiger charge is -2.30. The Morgan fingerprint density at radius 3 is 2.52 bits per heavy atom. The Labute approximate surface area is 174 Å². The number of nitrogens with two attached hydrogens (primary N) is 1. The van der Waals surface area contributed by atoms with Gasteiger partial charge in [0.2, 0.25) is 10.0 Å². The standard InChI is InChI=1S/C20H33N5O3S/c21-20(22-9-4-10-24-13-15-28-16-14-24)23-17-18-7-11-25(12-8-18)29(26,27)19-5-2-1-3-6-19/h1-3,5-6,18H,4,7-17H2,(H3,21,22,23). The summed E-state index contributed by atoms with van der Waals surface area (Å²) in [5.41, 5.74) is 5.98. The molecule has 8 nitrogen and oxygen atoms in total. The average Bonchev–Trinajstić information content (AvgIpc) is 2.77. The summed E-state index contributed by atoms with van der Waals surface area (Å²) in [4.78, 5) is 7.22. The maximum absolute atomic E-state index is 12.7. The Morgan fingerprint density at radius 2 is 1.83 bits per heavy atom. The predicted octanol–water partition coefficient (Wildman–Crippen LogP) is 0.714. The van der Waals surface area contributed by atoms with E-state index in [0.29, 0.717) is 36.4 Å². The van der Waals surface area contributed by atoms with E-state index in [-0.39, 0.29) is 0 Å². The van der Waals surface area contributed by atoms with Crippen molar-refractivity contribution in [1.29, 1.82) is 0 Å². The van der Waals surface area contributed by atoms with E-state index in [4.69, 9.17) is 10.5 Å². The first-order valence-electron chi connectivity index (χ1n) is 10.4. The van der Waals surface area contributed by atoms with Gasteiger partial charge >= 0.3 is 0 Å². The third kappa shape index (κ3) is 6.67. The molecule has 9 heteroatoms. The van der Waals surface area contributed by atoms with Gasteiger partial charge in [0.05, 0.1) is 18.1 Å². The van der Waals surface area contributed by atoms with Crippen LogP contribution in [0.4, 0.5) is 0 Å². The van der Waals surface area contributed by atoms with E-state index in [1.807, 2.05) is 6.07 Å². The van der Waals surface area contributed by atoms with Gasteiger partial charge in [-0.1, -0.05) is 18.2 Å². The van der Waals surface area contributed by atoms with E-state index in [1.165, 1.54) is 0 Å². The van der Waals surface area contributed by atoms with Gasteiger partial charge in [-0.05, 0) is 43.9 Å². The average molecular weight is 424 g/mol. The Bertz CT molecular complexity index is 743. The third-order valence-corrected chi connectivity index (χ3v) is 7.45. The topological polar surface area (TPSA) is 100 Å². The number of ether oxygens (including phenoxy) is 1. The number of morpholine rings is 1. The van der Waals surface area contributed by atoms with E-state index in [9.17, 15) is 8.42 Å². The number of sulfonamides is 1. The lowest BCUT2D eigenvalue weighted by Crippen LogP contribution is -2.40. The number of hydrogen-bond donors (Lipinski definition) is 2. The summed E-state index contributed by atoms with van der Waals surface area (Å²) >= 11 is 0. The molecule has 3 N–H and O–H groups in total. The highest BCUT2D eigenvalue weighted by Crippen LogP contribution is 2.23. The molecule has 2 heterocycles. The van der Waals surface area contributed by atoms with Gasteiger partial charge in [-0.15, -0.1) is 0 Å². The number of piperidine rings is 1. The minimum atomic E-state index is -3.39. The fourth-order valence-corrected chi connectivity index (χ4v) is 5.19. The highest BCUT2D eigenvalue weighted by atomic mass is 32.2. The first-order chi connectivity index (χ1) is 14.1. The van der Waals surface area contributed by atoms with Crippen molar-refractivity contribution in [3.05, 3.63) is 30.3 Å². The summed E-state index contributed by atoms with van der Waals surface area (Å²) in [5.74, 6) is 0.845. The fraction of sp³-hybridized carbons (Fsp3) is 0.650. The van der Waals surface area contributed by atoms with Gasteiger partial charge in [0, 0.05) is 39.3 Å².